The summed E-state index contributed by atoms with van der Waals surface area (Å²) in [6.45, 7) is 4.26. The van der Waals surface area contributed by atoms with E-state index < -0.39 is 0 Å². The van der Waals surface area contributed by atoms with E-state index in [1.807, 2.05) is 17.9 Å². The Labute approximate surface area is 155 Å². The molecule has 2 aromatic heterocycles. The zero-order chi connectivity index (χ0) is 17.9. The van der Waals surface area contributed by atoms with Crippen LogP contribution in [0.25, 0.3) is 0 Å². The van der Waals surface area contributed by atoms with Crippen LogP contribution in [0.4, 0.5) is 11.6 Å². The predicted octanol–water partition coefficient (Wildman–Crippen LogP) is 2.31. The summed E-state index contributed by atoms with van der Waals surface area (Å²) in [5.41, 5.74) is 1.29. The maximum Gasteiger partial charge on any atom is 0.134 e. The molecule has 2 fully saturated rings. The number of rotatable bonds is 5. The van der Waals surface area contributed by atoms with Gasteiger partial charge in [0.15, 0.2) is 0 Å². The second kappa shape index (κ2) is 7.61. The monoisotopic (exact) mass is 355 g/mol. The third-order valence-corrected chi connectivity index (χ3v) is 5.80. The van der Waals surface area contributed by atoms with Gasteiger partial charge in [0.1, 0.15) is 18.0 Å². The van der Waals surface area contributed by atoms with E-state index in [1.165, 1.54) is 31.4 Å². The van der Waals surface area contributed by atoms with Gasteiger partial charge in [-0.05, 0) is 51.3 Å². The summed E-state index contributed by atoms with van der Waals surface area (Å²) in [6.07, 6.45) is 8.55. The minimum absolute atomic E-state index is 0.392. The van der Waals surface area contributed by atoms with Gasteiger partial charge >= 0.3 is 0 Å². The van der Waals surface area contributed by atoms with Gasteiger partial charge in [-0.2, -0.15) is 5.10 Å². The fraction of sp³-hybridized carbons (Fsp3) is 0.632. The number of aromatic nitrogens is 4. The highest BCUT2D eigenvalue weighted by Crippen LogP contribution is 2.34. The number of nitrogens with one attached hydrogen (secondary N) is 1. The first-order valence-corrected chi connectivity index (χ1v) is 9.71. The second-order valence-corrected chi connectivity index (χ2v) is 7.54. The van der Waals surface area contributed by atoms with Crippen LogP contribution in [0.15, 0.2) is 24.7 Å². The van der Waals surface area contributed by atoms with Crippen LogP contribution in [0, 0.1) is 5.92 Å². The van der Waals surface area contributed by atoms with Gasteiger partial charge in [0.25, 0.3) is 0 Å². The molecule has 2 saturated heterocycles. The first-order chi connectivity index (χ1) is 12.7. The van der Waals surface area contributed by atoms with Crippen molar-refractivity contribution in [2.45, 2.75) is 31.7 Å². The van der Waals surface area contributed by atoms with Crippen molar-refractivity contribution in [3.8, 4) is 0 Å². The molecule has 0 saturated carbocycles. The molecule has 2 atom stereocenters. The van der Waals surface area contributed by atoms with Crippen LogP contribution in [0.5, 0.6) is 0 Å². The number of piperidine rings is 1. The summed E-state index contributed by atoms with van der Waals surface area (Å²) in [7, 11) is 4.26. The Kier molecular flexibility index (Phi) is 5.06. The van der Waals surface area contributed by atoms with Crippen molar-refractivity contribution in [1.82, 2.24) is 24.6 Å². The molecule has 2 aliphatic rings. The van der Waals surface area contributed by atoms with Crippen molar-refractivity contribution in [1.29, 1.82) is 0 Å². The largest absolute Gasteiger partial charge is 0.370 e. The van der Waals surface area contributed by atoms with Crippen LogP contribution in [0.3, 0.4) is 0 Å². The number of nitrogens with zero attached hydrogens (tertiary/aromatic N) is 6. The Morgan fingerprint density at radius 1 is 1.12 bits per heavy atom. The Hall–Kier alpha value is -2.15. The van der Waals surface area contributed by atoms with E-state index in [2.05, 4.69) is 49.4 Å². The summed E-state index contributed by atoms with van der Waals surface area (Å²) in [5.74, 6) is 2.51. The van der Waals surface area contributed by atoms with Crippen molar-refractivity contribution in [3.63, 3.8) is 0 Å². The third-order valence-electron chi connectivity index (χ3n) is 5.80. The van der Waals surface area contributed by atoms with E-state index in [0.29, 0.717) is 12.0 Å². The molecule has 1 N–H and O–H groups in total. The Bertz CT molecular complexity index is 722. The normalized spacial score (nSPS) is 24.2. The summed E-state index contributed by atoms with van der Waals surface area (Å²) < 4.78 is 2.01. The zero-order valence-corrected chi connectivity index (χ0v) is 15.8. The molecule has 7 nitrogen and oxygen atoms in total. The lowest BCUT2D eigenvalue weighted by molar-refractivity contribution is 0.121. The third kappa shape index (κ3) is 3.53. The zero-order valence-electron chi connectivity index (χ0n) is 15.8. The maximum absolute atomic E-state index is 4.45. The fourth-order valence-electron chi connectivity index (χ4n) is 4.41. The molecule has 2 aliphatic heterocycles. The maximum atomic E-state index is 4.45. The molecule has 0 bridgehead atoms. The Balaban J connectivity index is 1.46. The SMILES string of the molecule is CN1CCC[C@@H](CNc2cc(N3CCCC3)ncn2)[C@@H]1c1ccnn1C. The quantitative estimate of drug-likeness (QED) is 0.888. The van der Waals surface area contributed by atoms with E-state index in [4.69, 9.17) is 0 Å². The summed E-state index contributed by atoms with van der Waals surface area (Å²) in [5, 5.41) is 7.95. The average molecular weight is 355 g/mol. The van der Waals surface area contributed by atoms with Crippen molar-refractivity contribution < 1.29 is 0 Å². The van der Waals surface area contributed by atoms with Crippen molar-refractivity contribution in [2.24, 2.45) is 13.0 Å². The van der Waals surface area contributed by atoms with Crippen LogP contribution in [0.2, 0.25) is 0 Å². The molecule has 4 rings (SSSR count). The summed E-state index contributed by atoms with van der Waals surface area (Å²) in [4.78, 5) is 13.7. The Morgan fingerprint density at radius 2 is 1.96 bits per heavy atom. The van der Waals surface area contributed by atoms with Gasteiger partial charge < -0.3 is 10.2 Å². The topological polar surface area (TPSA) is 62.1 Å². The lowest BCUT2D eigenvalue weighted by atomic mass is 9.87. The molecule has 0 aromatic carbocycles. The molecule has 4 heterocycles. The van der Waals surface area contributed by atoms with Crippen LogP contribution in [0.1, 0.15) is 37.4 Å². The highest BCUT2D eigenvalue weighted by Gasteiger charge is 2.32. The fourth-order valence-corrected chi connectivity index (χ4v) is 4.41. The van der Waals surface area contributed by atoms with Crippen LogP contribution < -0.4 is 10.2 Å². The highest BCUT2D eigenvalue weighted by atomic mass is 15.3. The number of likely N-dealkylation sites (tertiary alicyclic amines) is 1. The molecule has 140 valence electrons. The van der Waals surface area contributed by atoms with Gasteiger partial charge in [0.2, 0.25) is 0 Å². The van der Waals surface area contributed by atoms with Gasteiger partial charge in [-0.1, -0.05) is 0 Å². The van der Waals surface area contributed by atoms with Crippen LogP contribution in [-0.4, -0.2) is 57.9 Å². The summed E-state index contributed by atoms with van der Waals surface area (Å²) >= 11 is 0. The standard InChI is InChI=1S/C19H29N7/c1-24-9-5-6-15(19(24)16-7-8-23-25(16)2)13-20-17-12-18(22-14-21-17)26-10-3-4-11-26/h7-8,12,14-15,19H,3-6,9-11,13H2,1-2H3,(H,20,21,22)/t15-,19+/m0/s1. The van der Waals surface area contributed by atoms with Gasteiger partial charge in [0.05, 0.1) is 11.7 Å². The van der Waals surface area contributed by atoms with E-state index in [9.17, 15) is 0 Å². The number of hydrogen-bond donors (Lipinski definition) is 1. The molecule has 7 heteroatoms. The minimum atomic E-state index is 0.392. The van der Waals surface area contributed by atoms with Gasteiger partial charge in [-0.15, -0.1) is 0 Å². The van der Waals surface area contributed by atoms with E-state index in [-0.39, 0.29) is 0 Å². The first kappa shape index (κ1) is 17.3. The average Bonchev–Trinajstić information content (AvgIpc) is 3.32. The molecular weight excluding hydrogens is 326 g/mol. The lowest BCUT2D eigenvalue weighted by Gasteiger charge is -2.39. The molecule has 0 radical (unpaired) electrons. The number of hydrogen-bond acceptors (Lipinski definition) is 6. The van der Waals surface area contributed by atoms with Gasteiger partial charge in [-0.25, -0.2) is 9.97 Å². The van der Waals surface area contributed by atoms with Crippen LogP contribution in [-0.2, 0) is 7.05 Å². The smallest absolute Gasteiger partial charge is 0.134 e. The Morgan fingerprint density at radius 3 is 2.73 bits per heavy atom. The van der Waals surface area contributed by atoms with Crippen molar-refractivity contribution in [3.05, 3.63) is 30.4 Å². The van der Waals surface area contributed by atoms with Gasteiger partial charge in [-0.3, -0.25) is 9.58 Å². The number of aryl methyl sites for hydroxylation is 1. The van der Waals surface area contributed by atoms with E-state index in [0.717, 1.165) is 37.8 Å². The summed E-state index contributed by atoms with van der Waals surface area (Å²) in [6, 6.07) is 4.63. The molecule has 0 amide bonds. The van der Waals surface area contributed by atoms with Crippen LogP contribution >= 0.6 is 0 Å². The number of anilines is 2. The molecule has 26 heavy (non-hydrogen) atoms. The second-order valence-electron chi connectivity index (χ2n) is 7.54. The molecule has 0 spiro atoms. The lowest BCUT2D eigenvalue weighted by Crippen LogP contribution is -2.40. The van der Waals surface area contributed by atoms with Gasteiger partial charge in [0, 0.05) is 38.9 Å². The molecular formula is C19H29N7. The predicted molar refractivity (Wildman–Crippen MR) is 103 cm³/mol. The minimum Gasteiger partial charge on any atom is -0.370 e. The van der Waals surface area contributed by atoms with E-state index in [1.54, 1.807) is 6.33 Å². The molecule has 0 aliphatic carbocycles. The van der Waals surface area contributed by atoms with Crippen molar-refractivity contribution in [2.75, 3.05) is 43.4 Å². The molecule has 0 unspecified atom stereocenters. The van der Waals surface area contributed by atoms with Crippen molar-refractivity contribution >= 4 is 11.6 Å². The molecule has 2 aromatic rings. The first-order valence-electron chi connectivity index (χ1n) is 9.71. The highest BCUT2D eigenvalue weighted by molar-refractivity contribution is 5.49. The van der Waals surface area contributed by atoms with E-state index >= 15 is 0 Å².